The first-order valence-corrected chi connectivity index (χ1v) is 9.38. The van der Waals surface area contributed by atoms with Gasteiger partial charge in [0.2, 0.25) is 5.91 Å². The van der Waals surface area contributed by atoms with E-state index in [1.165, 1.54) is 11.3 Å². The molecule has 3 amide bonds. The van der Waals surface area contributed by atoms with Gasteiger partial charge in [-0.2, -0.15) is 0 Å². The Morgan fingerprint density at radius 3 is 2.54 bits per heavy atom. The molecule has 0 aliphatic heterocycles. The number of amides is 3. The lowest BCUT2D eigenvalue weighted by molar-refractivity contribution is -0.117. The first-order chi connectivity index (χ1) is 13.3. The van der Waals surface area contributed by atoms with Crippen LogP contribution < -0.4 is 25.8 Å². The molecule has 28 heavy (non-hydrogen) atoms. The highest BCUT2D eigenvalue weighted by Gasteiger charge is 2.06. The van der Waals surface area contributed by atoms with Crippen LogP contribution in [0.25, 0.3) is 0 Å². The molecule has 1 aromatic carbocycles. The summed E-state index contributed by atoms with van der Waals surface area (Å²) < 4.78 is 11.3. The topological polar surface area (TPSA) is 116 Å². The van der Waals surface area contributed by atoms with Gasteiger partial charge >= 0.3 is 6.03 Å². The molecule has 1 aromatic heterocycles. The number of benzene rings is 1. The molecule has 1 unspecified atom stereocenters. The Hall–Kier alpha value is -3.25. The molecule has 0 aliphatic rings. The molecule has 1 heterocycles. The maximum absolute atomic E-state index is 11.5. The van der Waals surface area contributed by atoms with Crippen LogP contribution in [0.4, 0.5) is 4.79 Å². The van der Waals surface area contributed by atoms with Crippen molar-refractivity contribution >= 4 is 23.3 Å². The number of aromatic nitrogens is 1. The van der Waals surface area contributed by atoms with E-state index in [1.54, 1.807) is 25.3 Å². The molecule has 8 nitrogen and oxygen atoms in total. The maximum atomic E-state index is 11.5. The first kappa shape index (κ1) is 21.1. The lowest BCUT2D eigenvalue weighted by Crippen LogP contribution is -2.43. The zero-order valence-corrected chi connectivity index (χ0v) is 16.6. The zero-order valence-electron chi connectivity index (χ0n) is 15.8. The molecule has 9 heteroatoms. The Morgan fingerprint density at radius 2 is 1.89 bits per heavy atom. The van der Waals surface area contributed by atoms with Crippen LogP contribution in [-0.2, 0) is 4.79 Å². The van der Waals surface area contributed by atoms with Crippen molar-refractivity contribution in [2.45, 2.75) is 32.9 Å². The fourth-order valence-electron chi connectivity index (χ4n) is 1.95. The molecule has 148 valence electrons. The summed E-state index contributed by atoms with van der Waals surface area (Å²) in [4.78, 5) is 27.0. The van der Waals surface area contributed by atoms with Crippen LogP contribution in [0.1, 0.15) is 25.6 Å². The summed E-state index contributed by atoms with van der Waals surface area (Å²) >= 11 is 1.29. The second kappa shape index (κ2) is 10.2. The van der Waals surface area contributed by atoms with Crippen molar-refractivity contribution in [3.05, 3.63) is 35.3 Å². The minimum atomic E-state index is -0.617. The average Bonchev–Trinajstić information content (AvgIpc) is 3.07. The highest BCUT2D eigenvalue weighted by molar-refractivity contribution is 7.13. The van der Waals surface area contributed by atoms with Gasteiger partial charge in [-0.25, -0.2) is 9.78 Å². The van der Waals surface area contributed by atoms with E-state index in [9.17, 15) is 9.59 Å². The van der Waals surface area contributed by atoms with Crippen LogP contribution in [0, 0.1) is 11.8 Å². The van der Waals surface area contributed by atoms with E-state index in [1.807, 2.05) is 26.0 Å². The monoisotopic (exact) mass is 402 g/mol. The Bertz CT molecular complexity index is 868. The van der Waals surface area contributed by atoms with Gasteiger partial charge in [-0.05, 0) is 45.0 Å². The Morgan fingerprint density at radius 1 is 1.21 bits per heavy atom. The van der Waals surface area contributed by atoms with Crippen LogP contribution in [0.15, 0.2) is 30.5 Å². The average molecular weight is 402 g/mol. The molecule has 2 rings (SSSR count). The van der Waals surface area contributed by atoms with Crippen LogP contribution in [0.3, 0.4) is 0 Å². The molecular weight excluding hydrogens is 380 g/mol. The SMILES string of the molecule is CC(C#Cc1cnc(Oc2ccc(OC(C)C)cc2)s1)NC(=O)NCC(N)=O. The summed E-state index contributed by atoms with van der Waals surface area (Å²) in [7, 11) is 0. The third kappa shape index (κ3) is 7.55. The van der Waals surface area contributed by atoms with Crippen molar-refractivity contribution in [1.82, 2.24) is 15.6 Å². The van der Waals surface area contributed by atoms with Crippen molar-refractivity contribution in [2.24, 2.45) is 5.73 Å². The molecule has 4 N–H and O–H groups in total. The van der Waals surface area contributed by atoms with Crippen molar-refractivity contribution in [3.63, 3.8) is 0 Å². The Balaban J connectivity index is 1.87. The number of hydrogen-bond donors (Lipinski definition) is 3. The molecular formula is C19H22N4O4S. The van der Waals surface area contributed by atoms with Gasteiger partial charge < -0.3 is 25.8 Å². The number of carbonyl (C=O) groups excluding carboxylic acids is 2. The highest BCUT2D eigenvalue weighted by atomic mass is 32.1. The van der Waals surface area contributed by atoms with Crippen LogP contribution in [-0.4, -0.2) is 35.6 Å². The number of thiazole rings is 1. The molecule has 0 spiro atoms. The standard InChI is InChI=1S/C19H22N4O4S/c1-12(2)26-14-5-7-15(8-6-14)27-19-22-10-16(28-19)9-4-13(3)23-18(25)21-11-17(20)24/h5-8,10,12-13H,11H2,1-3H3,(H2,20,24)(H2,21,23,25). The van der Waals surface area contributed by atoms with Crippen LogP contribution >= 0.6 is 11.3 Å². The minimum absolute atomic E-state index is 0.109. The number of nitrogens with one attached hydrogen (secondary N) is 2. The van der Waals surface area contributed by atoms with E-state index < -0.39 is 18.0 Å². The van der Waals surface area contributed by atoms with Gasteiger partial charge in [0.05, 0.1) is 24.9 Å². The van der Waals surface area contributed by atoms with E-state index in [2.05, 4.69) is 27.5 Å². The number of nitrogens with zero attached hydrogens (tertiary/aromatic N) is 1. The fourth-order valence-corrected chi connectivity index (χ4v) is 2.60. The number of urea groups is 1. The van der Waals surface area contributed by atoms with Gasteiger partial charge in [-0.15, -0.1) is 0 Å². The molecule has 0 bridgehead atoms. The summed E-state index contributed by atoms with van der Waals surface area (Å²) in [5.74, 6) is 6.60. The largest absolute Gasteiger partial charge is 0.491 e. The number of ether oxygens (including phenoxy) is 2. The lowest BCUT2D eigenvalue weighted by Gasteiger charge is -2.09. The van der Waals surface area contributed by atoms with Crippen molar-refractivity contribution in [2.75, 3.05) is 6.54 Å². The second-order valence-corrected chi connectivity index (χ2v) is 7.01. The minimum Gasteiger partial charge on any atom is -0.491 e. The normalized spacial score (nSPS) is 11.1. The van der Waals surface area contributed by atoms with Gasteiger partial charge in [0, 0.05) is 0 Å². The molecule has 0 radical (unpaired) electrons. The predicted molar refractivity (Wildman–Crippen MR) is 106 cm³/mol. The van der Waals surface area contributed by atoms with E-state index in [0.717, 1.165) is 5.75 Å². The van der Waals surface area contributed by atoms with Crippen molar-refractivity contribution in [3.8, 4) is 28.5 Å². The van der Waals surface area contributed by atoms with Crippen molar-refractivity contribution < 1.29 is 19.1 Å². The quantitative estimate of drug-likeness (QED) is 0.615. The van der Waals surface area contributed by atoms with E-state index >= 15 is 0 Å². The molecule has 2 aromatic rings. The molecule has 0 saturated heterocycles. The lowest BCUT2D eigenvalue weighted by atomic mass is 10.3. The van der Waals surface area contributed by atoms with Gasteiger partial charge in [0.1, 0.15) is 16.4 Å². The van der Waals surface area contributed by atoms with E-state index in [4.69, 9.17) is 15.2 Å². The Labute approximate surface area is 167 Å². The smallest absolute Gasteiger partial charge is 0.316 e. The molecule has 0 aliphatic carbocycles. The number of carbonyl (C=O) groups is 2. The van der Waals surface area contributed by atoms with Gasteiger partial charge in [-0.3, -0.25) is 4.79 Å². The fraction of sp³-hybridized carbons (Fsp3) is 0.316. The van der Waals surface area contributed by atoms with E-state index in [-0.39, 0.29) is 12.6 Å². The van der Waals surface area contributed by atoms with Crippen molar-refractivity contribution in [1.29, 1.82) is 0 Å². The van der Waals surface area contributed by atoms with Gasteiger partial charge in [0.15, 0.2) is 0 Å². The molecule has 0 saturated carbocycles. The third-order valence-corrected chi connectivity index (χ3v) is 3.86. The predicted octanol–water partition coefficient (Wildman–Crippen LogP) is 2.25. The highest BCUT2D eigenvalue weighted by Crippen LogP contribution is 2.27. The maximum Gasteiger partial charge on any atom is 0.316 e. The van der Waals surface area contributed by atoms with Gasteiger partial charge in [-0.1, -0.05) is 23.2 Å². The second-order valence-electron chi connectivity index (χ2n) is 6.01. The molecule has 0 fully saturated rings. The van der Waals surface area contributed by atoms with Crippen LogP contribution in [0.5, 0.6) is 16.7 Å². The third-order valence-electron chi connectivity index (χ3n) is 3.07. The zero-order chi connectivity index (χ0) is 20.5. The van der Waals surface area contributed by atoms with Gasteiger partial charge in [0.25, 0.3) is 5.19 Å². The number of nitrogens with two attached hydrogens (primary N) is 1. The summed E-state index contributed by atoms with van der Waals surface area (Å²) in [6.45, 7) is 5.42. The summed E-state index contributed by atoms with van der Waals surface area (Å²) in [5, 5.41) is 5.37. The number of rotatable bonds is 7. The molecule has 1 atom stereocenters. The van der Waals surface area contributed by atoms with Crippen LogP contribution in [0.2, 0.25) is 0 Å². The Kier molecular flexibility index (Phi) is 7.65. The first-order valence-electron chi connectivity index (χ1n) is 8.56. The van der Waals surface area contributed by atoms with E-state index in [0.29, 0.717) is 15.8 Å². The number of hydrogen-bond acceptors (Lipinski definition) is 6. The summed E-state index contributed by atoms with van der Waals surface area (Å²) in [6, 6.07) is 6.34. The number of primary amides is 1. The summed E-state index contributed by atoms with van der Waals surface area (Å²) in [6.07, 6.45) is 1.71. The summed E-state index contributed by atoms with van der Waals surface area (Å²) in [5.41, 5.74) is 4.96.